The van der Waals surface area contributed by atoms with E-state index in [1.165, 1.54) is 0 Å². The highest BCUT2D eigenvalue weighted by molar-refractivity contribution is 4.79. The number of halogens is 1. The maximum Gasteiger partial charge on any atom is 0.103 e. The van der Waals surface area contributed by atoms with Gasteiger partial charge in [0.15, 0.2) is 0 Å². The van der Waals surface area contributed by atoms with E-state index in [4.69, 9.17) is 0 Å². The van der Waals surface area contributed by atoms with Crippen LogP contribution in [-0.4, -0.2) is 6.17 Å². The van der Waals surface area contributed by atoms with E-state index in [1.54, 1.807) is 0 Å². The molecule has 0 aromatic carbocycles. The molecule has 0 heterocycles. The lowest BCUT2D eigenvalue weighted by atomic mass is 10.0. The van der Waals surface area contributed by atoms with Crippen molar-refractivity contribution < 1.29 is 4.39 Å². The minimum atomic E-state index is -0.505. The molecule has 0 aliphatic heterocycles. The molecule has 1 aliphatic carbocycles. The Kier molecular flexibility index (Phi) is 5.53. The van der Waals surface area contributed by atoms with Crippen LogP contribution in [0.4, 0.5) is 4.39 Å². The fraction of sp³-hybridized carbons (Fsp3) is 1.00. The number of rotatable bonds is 1. The zero-order valence-electron chi connectivity index (χ0n) is 8.23. The van der Waals surface area contributed by atoms with Crippen LogP contribution in [0.5, 0.6) is 0 Å². The average Bonchev–Trinajstić information content (AvgIpc) is 2.36. The quantitative estimate of drug-likeness (QED) is 0.547. The molecule has 1 heteroatoms. The third-order valence-electron chi connectivity index (χ3n) is 2.46. The molecule has 0 aromatic rings. The monoisotopic (exact) mass is 160 g/mol. The molecule has 0 bridgehead atoms. The van der Waals surface area contributed by atoms with Gasteiger partial charge in [-0.3, -0.25) is 0 Å². The Bertz CT molecular complexity index is 80.9. The molecular formula is C10H21F. The molecule has 0 aromatic heterocycles. The standard InChI is InChI=1S/C8H15F.C2H6/c1-3-7-4-6(2)8(9)5-7;1-2/h6-8H,3-5H2,1-2H3;1-2H3. The van der Waals surface area contributed by atoms with Crippen molar-refractivity contribution in [2.75, 3.05) is 0 Å². The van der Waals surface area contributed by atoms with Crippen LogP contribution in [0.15, 0.2) is 0 Å². The van der Waals surface area contributed by atoms with Crippen LogP contribution in [0.3, 0.4) is 0 Å². The van der Waals surface area contributed by atoms with E-state index in [1.807, 2.05) is 20.8 Å². The Morgan fingerprint density at radius 3 is 2.00 bits per heavy atom. The summed E-state index contributed by atoms with van der Waals surface area (Å²) in [6, 6.07) is 0. The van der Waals surface area contributed by atoms with E-state index in [0.29, 0.717) is 11.8 Å². The third kappa shape index (κ3) is 3.22. The third-order valence-corrected chi connectivity index (χ3v) is 2.46. The number of hydrogen-bond acceptors (Lipinski definition) is 0. The second-order valence-corrected chi connectivity index (χ2v) is 3.24. The van der Waals surface area contributed by atoms with Crippen LogP contribution in [-0.2, 0) is 0 Å². The first-order valence-corrected chi connectivity index (χ1v) is 4.88. The molecule has 0 radical (unpaired) electrons. The summed E-state index contributed by atoms with van der Waals surface area (Å²) >= 11 is 0. The molecule has 11 heavy (non-hydrogen) atoms. The molecule has 1 fully saturated rings. The van der Waals surface area contributed by atoms with Gasteiger partial charge >= 0.3 is 0 Å². The van der Waals surface area contributed by atoms with Crippen LogP contribution < -0.4 is 0 Å². The summed E-state index contributed by atoms with van der Waals surface area (Å²) in [5.74, 6) is 1.00. The second-order valence-electron chi connectivity index (χ2n) is 3.24. The summed E-state index contributed by atoms with van der Waals surface area (Å²) in [6.07, 6.45) is 2.58. The van der Waals surface area contributed by atoms with Gasteiger partial charge in [-0.1, -0.05) is 34.1 Å². The summed E-state index contributed by atoms with van der Waals surface area (Å²) in [6.45, 7) is 8.16. The van der Waals surface area contributed by atoms with Gasteiger partial charge in [-0.05, 0) is 24.7 Å². The van der Waals surface area contributed by atoms with Gasteiger partial charge in [-0.15, -0.1) is 0 Å². The van der Waals surface area contributed by atoms with E-state index >= 15 is 0 Å². The SMILES string of the molecule is CC.CCC1CC(C)C(F)C1. The van der Waals surface area contributed by atoms with Gasteiger partial charge in [-0.25, -0.2) is 4.39 Å². The van der Waals surface area contributed by atoms with Crippen molar-refractivity contribution in [1.82, 2.24) is 0 Å². The van der Waals surface area contributed by atoms with Gasteiger partial charge in [0.2, 0.25) is 0 Å². The van der Waals surface area contributed by atoms with Crippen LogP contribution >= 0.6 is 0 Å². The Morgan fingerprint density at radius 2 is 1.82 bits per heavy atom. The van der Waals surface area contributed by atoms with Crippen LogP contribution in [0.1, 0.15) is 47.0 Å². The molecule has 1 saturated carbocycles. The molecule has 3 unspecified atom stereocenters. The van der Waals surface area contributed by atoms with Crippen LogP contribution in [0.25, 0.3) is 0 Å². The maximum atomic E-state index is 12.8. The van der Waals surface area contributed by atoms with E-state index < -0.39 is 6.17 Å². The van der Waals surface area contributed by atoms with Crippen LogP contribution in [0, 0.1) is 11.8 Å². The average molecular weight is 160 g/mol. The zero-order valence-corrected chi connectivity index (χ0v) is 8.23. The van der Waals surface area contributed by atoms with Crippen molar-refractivity contribution >= 4 is 0 Å². The summed E-state index contributed by atoms with van der Waals surface area (Å²) in [5.41, 5.74) is 0. The van der Waals surface area contributed by atoms with Crippen molar-refractivity contribution in [3.63, 3.8) is 0 Å². The molecule has 1 rings (SSSR count). The number of alkyl halides is 1. The lowest BCUT2D eigenvalue weighted by molar-refractivity contribution is 0.275. The molecule has 0 N–H and O–H groups in total. The van der Waals surface area contributed by atoms with Gasteiger partial charge < -0.3 is 0 Å². The topological polar surface area (TPSA) is 0 Å². The van der Waals surface area contributed by atoms with Crippen molar-refractivity contribution in [1.29, 1.82) is 0 Å². The molecule has 0 nitrogen and oxygen atoms in total. The van der Waals surface area contributed by atoms with Gasteiger partial charge in [-0.2, -0.15) is 0 Å². The minimum Gasteiger partial charge on any atom is -0.247 e. The summed E-state index contributed by atoms with van der Waals surface area (Å²) in [7, 11) is 0. The largest absolute Gasteiger partial charge is 0.247 e. The van der Waals surface area contributed by atoms with Gasteiger partial charge in [0, 0.05) is 0 Å². The summed E-state index contributed by atoms with van der Waals surface area (Å²) in [4.78, 5) is 0. The predicted octanol–water partition coefficient (Wildman–Crippen LogP) is 3.81. The van der Waals surface area contributed by atoms with Crippen molar-refractivity contribution in [3.05, 3.63) is 0 Å². The first-order chi connectivity index (χ1) is 5.24. The number of hydrogen-bond donors (Lipinski definition) is 0. The van der Waals surface area contributed by atoms with Crippen molar-refractivity contribution in [2.24, 2.45) is 11.8 Å². The molecule has 0 amide bonds. The molecule has 1 aliphatic rings. The van der Waals surface area contributed by atoms with Crippen molar-refractivity contribution in [2.45, 2.75) is 53.1 Å². The highest BCUT2D eigenvalue weighted by Crippen LogP contribution is 2.34. The summed E-state index contributed by atoms with van der Waals surface area (Å²) < 4.78 is 12.8. The highest BCUT2D eigenvalue weighted by Gasteiger charge is 2.29. The van der Waals surface area contributed by atoms with E-state index in [0.717, 1.165) is 19.3 Å². The summed E-state index contributed by atoms with van der Waals surface area (Å²) in [5, 5.41) is 0. The Balaban J connectivity index is 0.000000461. The fourth-order valence-electron chi connectivity index (χ4n) is 1.65. The van der Waals surface area contributed by atoms with Gasteiger partial charge in [0.05, 0.1) is 0 Å². The van der Waals surface area contributed by atoms with Crippen LogP contribution in [0.2, 0.25) is 0 Å². The second kappa shape index (κ2) is 5.56. The Hall–Kier alpha value is -0.0700. The predicted molar refractivity (Wildman–Crippen MR) is 48.4 cm³/mol. The molecule has 68 valence electrons. The van der Waals surface area contributed by atoms with Gasteiger partial charge in [0.25, 0.3) is 0 Å². The lowest BCUT2D eigenvalue weighted by Gasteiger charge is -2.01. The Morgan fingerprint density at radius 1 is 1.27 bits per heavy atom. The molecular weight excluding hydrogens is 139 g/mol. The first-order valence-electron chi connectivity index (χ1n) is 4.88. The molecule has 0 spiro atoms. The first kappa shape index (κ1) is 10.9. The van der Waals surface area contributed by atoms with E-state index in [-0.39, 0.29) is 0 Å². The smallest absolute Gasteiger partial charge is 0.103 e. The lowest BCUT2D eigenvalue weighted by Crippen LogP contribution is -2.01. The maximum absolute atomic E-state index is 12.8. The normalized spacial score (nSPS) is 36.3. The minimum absolute atomic E-state index is 0.329. The molecule has 0 saturated heterocycles. The highest BCUT2D eigenvalue weighted by atomic mass is 19.1. The van der Waals surface area contributed by atoms with Crippen molar-refractivity contribution in [3.8, 4) is 0 Å². The van der Waals surface area contributed by atoms with E-state index in [9.17, 15) is 4.39 Å². The fourth-order valence-corrected chi connectivity index (χ4v) is 1.65. The van der Waals surface area contributed by atoms with Gasteiger partial charge in [0.1, 0.15) is 6.17 Å². The van der Waals surface area contributed by atoms with E-state index in [2.05, 4.69) is 6.92 Å². The zero-order chi connectivity index (χ0) is 8.85. The molecule has 3 atom stereocenters. The Labute approximate surface area is 70.2 Å².